The summed E-state index contributed by atoms with van der Waals surface area (Å²) in [7, 11) is 0. The van der Waals surface area contributed by atoms with Crippen LogP contribution < -0.4 is 5.32 Å². The molecule has 0 bridgehead atoms. The summed E-state index contributed by atoms with van der Waals surface area (Å²) in [6.45, 7) is 4.35. The monoisotopic (exact) mass is 201 g/mol. The molecule has 1 radical (unpaired) electrons. The molecule has 0 aromatic rings. The molecule has 0 saturated carbocycles. The van der Waals surface area contributed by atoms with Gasteiger partial charge in [-0.25, -0.2) is 5.32 Å². The quantitative estimate of drug-likeness (QED) is 0.617. The van der Waals surface area contributed by atoms with Crippen LogP contribution in [0.3, 0.4) is 0 Å². The molecule has 0 N–H and O–H groups in total. The number of rotatable bonds is 2. The van der Waals surface area contributed by atoms with E-state index < -0.39 is 0 Å². The molecule has 0 aliphatic carbocycles. The fraction of sp³-hybridized carbons (Fsp3) is 0.750. The van der Waals surface area contributed by atoms with Crippen molar-refractivity contribution < 1.29 is 9.59 Å². The number of carbonyl (C=O) groups is 2. The number of nitrogens with zero attached hydrogens (tertiary/aromatic N) is 2. The Hall–Kier alpha value is -0.550. The molecule has 4 nitrogen and oxygen atoms in total. The van der Waals surface area contributed by atoms with Crippen LogP contribution in [0.5, 0.6) is 0 Å². The van der Waals surface area contributed by atoms with E-state index >= 15 is 0 Å². The second kappa shape index (κ2) is 5.24. The van der Waals surface area contributed by atoms with E-state index in [2.05, 4.69) is 5.32 Å². The number of carbonyl (C=O) groups excluding carboxylic acids is 2. The van der Waals surface area contributed by atoms with E-state index in [1.54, 1.807) is 4.90 Å². The molecule has 0 atom stereocenters. The van der Waals surface area contributed by atoms with Crippen molar-refractivity contribution in [3.8, 4) is 0 Å². The van der Waals surface area contributed by atoms with Crippen LogP contribution in [-0.2, 0) is 9.59 Å². The Morgan fingerprint density at radius 3 is 2.54 bits per heavy atom. The summed E-state index contributed by atoms with van der Waals surface area (Å²) in [5.74, 6) is 0.324. The van der Waals surface area contributed by atoms with Gasteiger partial charge in [-0.15, -0.1) is 0 Å². The van der Waals surface area contributed by atoms with Crippen molar-refractivity contribution in [2.75, 3.05) is 31.9 Å². The minimum absolute atomic E-state index is 0.00459. The second-order valence-corrected chi connectivity index (χ2v) is 3.98. The summed E-state index contributed by atoms with van der Waals surface area (Å²) in [5.41, 5.74) is 0. The zero-order valence-electron chi connectivity index (χ0n) is 7.65. The molecule has 73 valence electrons. The number of hydrogen-bond acceptors (Lipinski definition) is 3. The van der Waals surface area contributed by atoms with Gasteiger partial charge in [0.15, 0.2) is 5.12 Å². The van der Waals surface area contributed by atoms with Crippen molar-refractivity contribution in [2.24, 2.45) is 0 Å². The Balaban J connectivity index is 2.25. The molecule has 1 rings (SSSR count). The average Bonchev–Trinajstić information content (AvgIpc) is 2.15. The van der Waals surface area contributed by atoms with Crippen LogP contribution in [0.4, 0.5) is 0 Å². The molecule has 13 heavy (non-hydrogen) atoms. The van der Waals surface area contributed by atoms with E-state index in [0.29, 0.717) is 13.1 Å². The smallest absolute Gasteiger partial charge is 0.233 e. The van der Waals surface area contributed by atoms with Crippen molar-refractivity contribution in [2.45, 2.75) is 6.92 Å². The summed E-state index contributed by atoms with van der Waals surface area (Å²) in [6.07, 6.45) is 0. The number of hydrogen-bond donors (Lipinski definition) is 0. The molecule has 1 aliphatic rings. The summed E-state index contributed by atoms with van der Waals surface area (Å²) in [6, 6.07) is 0. The van der Waals surface area contributed by atoms with Gasteiger partial charge in [0.05, 0.1) is 5.75 Å². The van der Waals surface area contributed by atoms with E-state index in [1.165, 1.54) is 6.92 Å². The van der Waals surface area contributed by atoms with Crippen molar-refractivity contribution in [1.82, 2.24) is 10.2 Å². The molecule has 1 saturated heterocycles. The summed E-state index contributed by atoms with van der Waals surface area (Å²) in [4.78, 5) is 23.8. The molecule has 1 amide bonds. The Labute approximate surface area is 82.0 Å². The largest absolute Gasteiger partial charge is 0.339 e. The van der Waals surface area contributed by atoms with Gasteiger partial charge in [0, 0.05) is 33.1 Å². The highest BCUT2D eigenvalue weighted by Gasteiger charge is 2.16. The van der Waals surface area contributed by atoms with E-state index in [4.69, 9.17) is 0 Å². The molecule has 0 aromatic carbocycles. The minimum Gasteiger partial charge on any atom is -0.339 e. The van der Waals surface area contributed by atoms with Crippen molar-refractivity contribution in [1.29, 1.82) is 0 Å². The average molecular weight is 201 g/mol. The van der Waals surface area contributed by atoms with Gasteiger partial charge in [-0.05, 0) is 0 Å². The van der Waals surface area contributed by atoms with Gasteiger partial charge in [-0.1, -0.05) is 11.8 Å². The normalized spacial score (nSPS) is 17.2. The highest BCUT2D eigenvalue weighted by atomic mass is 32.2. The van der Waals surface area contributed by atoms with Gasteiger partial charge >= 0.3 is 0 Å². The third-order valence-corrected chi connectivity index (χ3v) is 2.61. The molecule has 1 aliphatic heterocycles. The third-order valence-electron chi connectivity index (χ3n) is 1.81. The number of amides is 1. The van der Waals surface area contributed by atoms with Gasteiger partial charge in [0.2, 0.25) is 5.91 Å². The zero-order valence-corrected chi connectivity index (χ0v) is 8.47. The van der Waals surface area contributed by atoms with Gasteiger partial charge in [-0.2, -0.15) is 0 Å². The van der Waals surface area contributed by atoms with Crippen LogP contribution >= 0.6 is 11.8 Å². The molecule has 1 fully saturated rings. The summed E-state index contributed by atoms with van der Waals surface area (Å²) in [5, 5.41) is 4.13. The fourth-order valence-electron chi connectivity index (χ4n) is 1.11. The van der Waals surface area contributed by atoms with Crippen LogP contribution in [0.2, 0.25) is 0 Å². The summed E-state index contributed by atoms with van der Waals surface area (Å²) < 4.78 is 0. The standard InChI is InChI=1S/C8H13N2O2S/c1-7(11)13-6-8(12)10-4-2-9-3-5-10/h2-6H2,1H3. The van der Waals surface area contributed by atoms with Gasteiger partial charge < -0.3 is 4.90 Å². The SMILES string of the molecule is CC(=O)SCC(=O)N1CC[N]CC1. The first kappa shape index (κ1) is 10.5. The Kier molecular flexibility index (Phi) is 4.24. The maximum atomic E-state index is 11.4. The summed E-state index contributed by atoms with van der Waals surface area (Å²) >= 11 is 1.07. The van der Waals surface area contributed by atoms with E-state index in [0.717, 1.165) is 24.9 Å². The highest BCUT2D eigenvalue weighted by Crippen LogP contribution is 2.04. The topological polar surface area (TPSA) is 51.5 Å². The Morgan fingerprint density at radius 1 is 1.38 bits per heavy atom. The van der Waals surface area contributed by atoms with Gasteiger partial charge in [0.1, 0.15) is 0 Å². The molecular formula is C8H13N2O2S. The van der Waals surface area contributed by atoms with E-state index in [9.17, 15) is 9.59 Å². The molecule has 5 heteroatoms. The first-order valence-electron chi connectivity index (χ1n) is 4.24. The van der Waals surface area contributed by atoms with Gasteiger partial charge in [-0.3, -0.25) is 9.59 Å². The lowest BCUT2D eigenvalue weighted by molar-refractivity contribution is -0.129. The molecule has 1 heterocycles. The number of piperazine rings is 1. The molecule has 0 unspecified atom stereocenters. The van der Waals surface area contributed by atoms with Crippen LogP contribution in [-0.4, -0.2) is 47.9 Å². The third kappa shape index (κ3) is 3.78. The predicted octanol–water partition coefficient (Wildman–Crippen LogP) is -0.287. The maximum Gasteiger partial charge on any atom is 0.233 e. The predicted molar refractivity (Wildman–Crippen MR) is 51.6 cm³/mol. The fourth-order valence-corrected chi connectivity index (χ4v) is 1.62. The first-order chi connectivity index (χ1) is 6.20. The Bertz CT molecular complexity index is 202. The van der Waals surface area contributed by atoms with Crippen molar-refractivity contribution in [3.63, 3.8) is 0 Å². The van der Waals surface area contributed by atoms with Crippen LogP contribution in [0.1, 0.15) is 6.92 Å². The van der Waals surface area contributed by atoms with Crippen LogP contribution in [0.25, 0.3) is 0 Å². The Morgan fingerprint density at radius 2 is 2.00 bits per heavy atom. The maximum absolute atomic E-state index is 11.4. The lowest BCUT2D eigenvalue weighted by Gasteiger charge is -2.26. The highest BCUT2D eigenvalue weighted by molar-refractivity contribution is 8.14. The molecule has 0 aromatic heterocycles. The van der Waals surface area contributed by atoms with Crippen LogP contribution in [0, 0.1) is 0 Å². The van der Waals surface area contributed by atoms with E-state index in [-0.39, 0.29) is 16.8 Å². The van der Waals surface area contributed by atoms with Crippen molar-refractivity contribution in [3.05, 3.63) is 0 Å². The molecular weight excluding hydrogens is 188 g/mol. The van der Waals surface area contributed by atoms with Gasteiger partial charge in [0.25, 0.3) is 0 Å². The van der Waals surface area contributed by atoms with E-state index in [1.807, 2.05) is 0 Å². The lowest BCUT2D eigenvalue weighted by atomic mass is 10.3. The lowest BCUT2D eigenvalue weighted by Crippen LogP contribution is -2.44. The second-order valence-electron chi connectivity index (χ2n) is 2.83. The molecule has 0 spiro atoms. The minimum atomic E-state index is -0.00459. The first-order valence-corrected chi connectivity index (χ1v) is 5.23. The van der Waals surface area contributed by atoms with Crippen molar-refractivity contribution >= 4 is 22.8 Å². The zero-order chi connectivity index (χ0) is 9.68. The van der Waals surface area contributed by atoms with Crippen LogP contribution in [0.15, 0.2) is 0 Å². The number of thioether (sulfide) groups is 1.